The third-order valence-corrected chi connectivity index (χ3v) is 3.29. The van der Waals surface area contributed by atoms with Gasteiger partial charge in [0.1, 0.15) is 16.2 Å². The number of halogens is 4. The Morgan fingerprint density at radius 3 is 2.38 bits per heavy atom. The van der Waals surface area contributed by atoms with Gasteiger partial charge in [0.05, 0.1) is 5.56 Å². The van der Waals surface area contributed by atoms with Crippen LogP contribution in [0.5, 0.6) is 0 Å². The van der Waals surface area contributed by atoms with E-state index in [1.165, 1.54) is 19.0 Å². The number of carboxylic acid groups (broad SMARTS) is 1. The summed E-state index contributed by atoms with van der Waals surface area (Å²) in [7, 11) is 3.01. The fourth-order valence-electron chi connectivity index (χ4n) is 1.97. The molecule has 0 saturated carbocycles. The summed E-state index contributed by atoms with van der Waals surface area (Å²) in [6.45, 7) is 0. The van der Waals surface area contributed by atoms with Crippen molar-refractivity contribution in [2.75, 3.05) is 14.1 Å². The molecule has 5 nitrogen and oxygen atoms in total. The Kier molecular flexibility index (Phi) is 4.79. The van der Waals surface area contributed by atoms with E-state index in [0.717, 1.165) is 12.3 Å². The maximum atomic E-state index is 13.7. The second-order valence-electron chi connectivity index (χ2n) is 5.03. The molecule has 2 rings (SSSR count). The minimum Gasteiger partial charge on any atom is -0.477 e. The molecule has 0 unspecified atom stereocenters. The quantitative estimate of drug-likeness (QED) is 0.227. The van der Waals surface area contributed by atoms with Crippen molar-refractivity contribution in [3.05, 3.63) is 52.1 Å². The van der Waals surface area contributed by atoms with Crippen LogP contribution >= 0.6 is 11.6 Å². The number of carbonyl (C=O) groups excluding carboxylic acids is 1. The van der Waals surface area contributed by atoms with Crippen molar-refractivity contribution < 1.29 is 27.9 Å². The van der Waals surface area contributed by atoms with Gasteiger partial charge in [-0.1, -0.05) is 11.6 Å². The molecule has 126 valence electrons. The average molecular weight is 359 g/mol. The predicted molar refractivity (Wildman–Crippen MR) is 80.4 cm³/mol. The number of hydrogen-bond donors (Lipinski definition) is 1. The minimum absolute atomic E-state index is 0.228. The Morgan fingerprint density at radius 1 is 1.21 bits per heavy atom. The Labute approximate surface area is 139 Å². The molecule has 0 saturated heterocycles. The van der Waals surface area contributed by atoms with Gasteiger partial charge in [0.15, 0.2) is 17.5 Å². The molecule has 1 aromatic heterocycles. The molecule has 1 N–H and O–H groups in total. The van der Waals surface area contributed by atoms with E-state index >= 15 is 0 Å². The van der Waals surface area contributed by atoms with Gasteiger partial charge in [0.25, 0.3) is 0 Å². The highest BCUT2D eigenvalue weighted by Gasteiger charge is 2.24. The van der Waals surface area contributed by atoms with E-state index < -0.39 is 45.4 Å². The molecule has 0 bridgehead atoms. The van der Waals surface area contributed by atoms with Crippen LogP contribution in [0.2, 0.25) is 5.15 Å². The van der Waals surface area contributed by atoms with E-state index in [0.29, 0.717) is 6.07 Å². The number of aromatic nitrogens is 1. The first-order valence-corrected chi connectivity index (χ1v) is 6.81. The number of fused-ring (bicyclic) bond motifs is 1. The average Bonchev–Trinajstić information content (AvgIpc) is 2.50. The standard InChI is InChI=1S/C15H10ClF3N2O3/c1-21(2)5-8(15(23)24)13(22)7-3-6-4-9(17)10(18)11(19)12(6)20-14(7)16/h3-5H,1-2H3,(H,23,24). The number of nitrogens with zero attached hydrogens (tertiary/aromatic N) is 2. The highest BCUT2D eigenvalue weighted by molar-refractivity contribution is 6.36. The van der Waals surface area contributed by atoms with Crippen molar-refractivity contribution in [1.82, 2.24) is 9.88 Å². The van der Waals surface area contributed by atoms with Crippen LogP contribution in [0, 0.1) is 17.5 Å². The summed E-state index contributed by atoms with van der Waals surface area (Å²) in [4.78, 5) is 28.5. The molecule has 0 amide bonds. The van der Waals surface area contributed by atoms with Crippen LogP contribution in [0.1, 0.15) is 10.4 Å². The van der Waals surface area contributed by atoms with E-state index in [9.17, 15) is 22.8 Å². The molecule has 0 aliphatic rings. The van der Waals surface area contributed by atoms with E-state index in [4.69, 9.17) is 16.7 Å². The lowest BCUT2D eigenvalue weighted by Crippen LogP contribution is -2.17. The Bertz CT molecular complexity index is 897. The monoisotopic (exact) mass is 358 g/mol. The SMILES string of the molecule is CN(C)C=C(C(=O)O)C(=O)c1cc2cc(F)c(F)c(F)c2nc1Cl. The zero-order valence-electron chi connectivity index (χ0n) is 12.4. The fraction of sp³-hybridized carbons (Fsp3) is 0.133. The summed E-state index contributed by atoms with van der Waals surface area (Å²) < 4.78 is 40.3. The number of Topliss-reactive ketones (excluding diaryl/α,β-unsaturated/α-hetero) is 1. The summed E-state index contributed by atoms with van der Waals surface area (Å²) in [5.74, 6) is -7.25. The first kappa shape index (κ1) is 17.7. The maximum absolute atomic E-state index is 13.7. The molecular weight excluding hydrogens is 349 g/mol. The summed E-state index contributed by atoms with van der Waals surface area (Å²) >= 11 is 5.80. The zero-order valence-corrected chi connectivity index (χ0v) is 13.2. The maximum Gasteiger partial charge on any atom is 0.341 e. The van der Waals surface area contributed by atoms with Crippen molar-refractivity contribution in [2.24, 2.45) is 0 Å². The largest absolute Gasteiger partial charge is 0.477 e. The number of pyridine rings is 1. The van der Waals surface area contributed by atoms with Gasteiger partial charge >= 0.3 is 5.97 Å². The van der Waals surface area contributed by atoms with Crippen molar-refractivity contribution >= 4 is 34.3 Å². The first-order chi connectivity index (χ1) is 11.1. The van der Waals surface area contributed by atoms with Crippen LogP contribution < -0.4 is 0 Å². The molecule has 0 atom stereocenters. The molecule has 24 heavy (non-hydrogen) atoms. The second-order valence-corrected chi connectivity index (χ2v) is 5.38. The van der Waals surface area contributed by atoms with Crippen molar-refractivity contribution in [3.8, 4) is 0 Å². The first-order valence-electron chi connectivity index (χ1n) is 6.43. The molecule has 1 aromatic carbocycles. The molecule has 1 heterocycles. The van der Waals surface area contributed by atoms with Gasteiger partial charge in [-0.05, 0) is 12.1 Å². The molecule has 2 aromatic rings. The Hall–Kier alpha value is -2.61. The van der Waals surface area contributed by atoms with Crippen LogP contribution in [0.25, 0.3) is 10.9 Å². The smallest absolute Gasteiger partial charge is 0.341 e. The van der Waals surface area contributed by atoms with E-state index in [1.807, 2.05) is 0 Å². The van der Waals surface area contributed by atoms with Gasteiger partial charge in [-0.15, -0.1) is 0 Å². The lowest BCUT2D eigenvalue weighted by molar-refractivity contribution is -0.132. The number of hydrogen-bond acceptors (Lipinski definition) is 4. The fourth-order valence-corrected chi connectivity index (χ4v) is 2.20. The molecule has 9 heteroatoms. The van der Waals surface area contributed by atoms with Gasteiger partial charge in [0, 0.05) is 25.7 Å². The van der Waals surface area contributed by atoms with Crippen molar-refractivity contribution in [1.29, 1.82) is 0 Å². The molecule has 0 radical (unpaired) electrons. The summed E-state index contributed by atoms with van der Waals surface area (Å²) in [6, 6.07) is 1.61. The van der Waals surface area contributed by atoms with Gasteiger partial charge in [-0.2, -0.15) is 0 Å². The van der Waals surface area contributed by atoms with Crippen molar-refractivity contribution in [3.63, 3.8) is 0 Å². The predicted octanol–water partition coefficient (Wildman–Crippen LogP) is 3.02. The van der Waals surface area contributed by atoms with E-state index in [1.54, 1.807) is 0 Å². The van der Waals surface area contributed by atoms with E-state index in [-0.39, 0.29) is 10.9 Å². The van der Waals surface area contributed by atoms with Gasteiger partial charge < -0.3 is 10.0 Å². The highest BCUT2D eigenvalue weighted by Crippen LogP contribution is 2.27. The lowest BCUT2D eigenvalue weighted by Gasteiger charge is -2.10. The third-order valence-electron chi connectivity index (χ3n) is 3.00. The molecule has 0 fully saturated rings. The van der Waals surface area contributed by atoms with Crippen molar-refractivity contribution in [2.45, 2.75) is 0 Å². The van der Waals surface area contributed by atoms with Crippen LogP contribution in [-0.4, -0.2) is 40.8 Å². The van der Waals surface area contributed by atoms with Crippen LogP contribution in [0.15, 0.2) is 23.9 Å². The van der Waals surface area contributed by atoms with Crippen LogP contribution in [-0.2, 0) is 4.79 Å². The number of rotatable bonds is 4. The Morgan fingerprint density at radius 2 is 1.83 bits per heavy atom. The van der Waals surface area contributed by atoms with Gasteiger partial charge in [-0.25, -0.2) is 22.9 Å². The third kappa shape index (κ3) is 3.18. The number of aliphatic carboxylic acids is 1. The topological polar surface area (TPSA) is 70.5 Å². The molecule has 0 spiro atoms. The Balaban J connectivity index is 2.69. The molecule has 0 aliphatic heterocycles. The summed E-state index contributed by atoms with van der Waals surface area (Å²) in [6.07, 6.45) is 1.05. The summed E-state index contributed by atoms with van der Waals surface area (Å²) in [5, 5.41) is 8.38. The number of ketones is 1. The van der Waals surface area contributed by atoms with Gasteiger partial charge in [-0.3, -0.25) is 4.79 Å². The number of carboxylic acids is 1. The summed E-state index contributed by atoms with van der Waals surface area (Å²) in [5.41, 5.74) is -1.56. The van der Waals surface area contributed by atoms with E-state index in [2.05, 4.69) is 4.98 Å². The van der Waals surface area contributed by atoms with Gasteiger partial charge in [0.2, 0.25) is 5.78 Å². The second kappa shape index (κ2) is 6.48. The zero-order chi connectivity index (χ0) is 18.2. The number of carbonyl (C=O) groups is 2. The molecular formula is C15H10ClF3N2O3. The number of benzene rings is 1. The van der Waals surface area contributed by atoms with Crippen LogP contribution in [0.4, 0.5) is 13.2 Å². The normalized spacial score (nSPS) is 11.7. The lowest BCUT2D eigenvalue weighted by atomic mass is 10.0. The highest BCUT2D eigenvalue weighted by atomic mass is 35.5. The minimum atomic E-state index is -1.72. The molecule has 0 aliphatic carbocycles. The van der Waals surface area contributed by atoms with Crippen LogP contribution in [0.3, 0.4) is 0 Å².